The Morgan fingerprint density at radius 3 is 2.52 bits per heavy atom. The Hall–Kier alpha value is -3.10. The summed E-state index contributed by atoms with van der Waals surface area (Å²) in [4.78, 5) is 24.6. The van der Waals surface area contributed by atoms with Crippen LogP contribution in [0.3, 0.4) is 0 Å². The van der Waals surface area contributed by atoms with E-state index in [9.17, 15) is 9.59 Å². The summed E-state index contributed by atoms with van der Waals surface area (Å²) >= 11 is 7.12. The third-order valence-corrected chi connectivity index (χ3v) is 5.51. The first kappa shape index (κ1) is 22.6. The summed E-state index contributed by atoms with van der Waals surface area (Å²) in [5.74, 6) is 0.383. The topological polar surface area (TPSA) is 88.9 Å². The number of allylic oxidation sites excluding steroid dienone is 1. The summed E-state index contributed by atoms with van der Waals surface area (Å²) in [5, 5.41) is 15.2. The predicted octanol–water partition coefficient (Wildman–Crippen LogP) is 4.09. The first-order chi connectivity index (χ1) is 15.0. The van der Waals surface area contributed by atoms with E-state index in [4.69, 9.17) is 11.6 Å². The number of nitrogens with one attached hydrogen (secondary N) is 2. The Labute approximate surface area is 189 Å². The molecule has 1 aromatic heterocycles. The molecular weight excluding hydrogens is 434 g/mol. The largest absolute Gasteiger partial charge is 0.345 e. The minimum atomic E-state index is -0.190. The first-order valence-corrected chi connectivity index (χ1v) is 10.9. The molecule has 2 N–H and O–H groups in total. The van der Waals surface area contributed by atoms with Crippen molar-refractivity contribution >= 4 is 40.9 Å². The zero-order valence-corrected chi connectivity index (χ0v) is 18.5. The van der Waals surface area contributed by atoms with Gasteiger partial charge in [-0.2, -0.15) is 0 Å². The molecule has 160 valence electrons. The Bertz CT molecular complexity index is 1060. The van der Waals surface area contributed by atoms with E-state index in [0.717, 1.165) is 5.56 Å². The summed E-state index contributed by atoms with van der Waals surface area (Å²) < 4.78 is 1.82. The zero-order valence-electron chi connectivity index (χ0n) is 17.0. The number of nitrogens with zero attached hydrogens (tertiary/aromatic N) is 3. The maximum absolute atomic E-state index is 12.4. The standard InChI is InChI=1S/C22H22ClN5O2S/c1-3-12-28-19(13-24-21(30)16-6-4-15(2)5-7-16)26-27-22(28)31-14-20(29)25-18-10-8-17(23)9-11-18/h3-11H,1,12-14H2,2H3,(H,24,30)(H,25,29). The van der Waals surface area contributed by atoms with E-state index >= 15 is 0 Å². The van der Waals surface area contributed by atoms with E-state index in [-0.39, 0.29) is 24.1 Å². The summed E-state index contributed by atoms with van der Waals surface area (Å²) in [6.07, 6.45) is 1.71. The van der Waals surface area contributed by atoms with Gasteiger partial charge in [-0.15, -0.1) is 16.8 Å². The van der Waals surface area contributed by atoms with Gasteiger partial charge in [-0.1, -0.05) is 47.1 Å². The fourth-order valence-corrected chi connectivity index (χ4v) is 3.59. The number of anilines is 1. The lowest BCUT2D eigenvalue weighted by Crippen LogP contribution is -2.24. The molecule has 0 atom stereocenters. The second-order valence-corrected chi connectivity index (χ2v) is 8.07. The number of aryl methyl sites for hydroxylation is 1. The second kappa shape index (κ2) is 10.8. The number of benzene rings is 2. The lowest BCUT2D eigenvalue weighted by Gasteiger charge is -2.09. The Morgan fingerprint density at radius 1 is 1.13 bits per heavy atom. The van der Waals surface area contributed by atoms with Crippen molar-refractivity contribution in [2.45, 2.75) is 25.2 Å². The van der Waals surface area contributed by atoms with Crippen molar-refractivity contribution in [2.24, 2.45) is 0 Å². The first-order valence-electron chi connectivity index (χ1n) is 9.52. The van der Waals surface area contributed by atoms with Crippen LogP contribution in [0.5, 0.6) is 0 Å². The van der Waals surface area contributed by atoms with Crippen molar-refractivity contribution in [1.82, 2.24) is 20.1 Å². The number of rotatable bonds is 9. The van der Waals surface area contributed by atoms with Crippen molar-refractivity contribution in [3.05, 3.63) is 83.2 Å². The molecule has 7 nitrogen and oxygen atoms in total. The molecule has 1 heterocycles. The Kier molecular flexibility index (Phi) is 7.86. The van der Waals surface area contributed by atoms with Gasteiger partial charge in [-0.05, 0) is 43.3 Å². The fourth-order valence-electron chi connectivity index (χ4n) is 2.70. The molecule has 0 unspecified atom stereocenters. The summed E-state index contributed by atoms with van der Waals surface area (Å²) in [6, 6.07) is 14.2. The number of carbonyl (C=O) groups excluding carboxylic acids is 2. The van der Waals surface area contributed by atoms with Crippen molar-refractivity contribution in [1.29, 1.82) is 0 Å². The maximum Gasteiger partial charge on any atom is 0.251 e. The van der Waals surface area contributed by atoms with Gasteiger partial charge in [0.25, 0.3) is 5.91 Å². The van der Waals surface area contributed by atoms with Gasteiger partial charge < -0.3 is 15.2 Å². The van der Waals surface area contributed by atoms with E-state index in [1.165, 1.54) is 11.8 Å². The van der Waals surface area contributed by atoms with Gasteiger partial charge in [0, 0.05) is 22.8 Å². The molecule has 0 aliphatic rings. The van der Waals surface area contributed by atoms with Crippen LogP contribution in [0.25, 0.3) is 0 Å². The van der Waals surface area contributed by atoms with E-state index in [2.05, 4.69) is 27.4 Å². The van der Waals surface area contributed by atoms with Gasteiger partial charge >= 0.3 is 0 Å². The molecule has 3 rings (SSSR count). The molecule has 0 saturated carbocycles. The van der Waals surface area contributed by atoms with Gasteiger partial charge in [0.05, 0.1) is 12.3 Å². The molecule has 0 aliphatic heterocycles. The summed E-state index contributed by atoms with van der Waals surface area (Å²) in [5.41, 5.74) is 2.33. The number of hydrogen-bond donors (Lipinski definition) is 2. The average Bonchev–Trinajstić information content (AvgIpc) is 3.14. The molecule has 0 saturated heterocycles. The van der Waals surface area contributed by atoms with Crippen LogP contribution in [0.4, 0.5) is 5.69 Å². The van der Waals surface area contributed by atoms with E-state index in [0.29, 0.717) is 33.8 Å². The number of halogens is 1. The van der Waals surface area contributed by atoms with Gasteiger partial charge in [0.2, 0.25) is 5.91 Å². The van der Waals surface area contributed by atoms with Crippen molar-refractivity contribution in [3.63, 3.8) is 0 Å². The minimum Gasteiger partial charge on any atom is -0.345 e. The molecule has 0 aliphatic carbocycles. The van der Waals surface area contributed by atoms with E-state index in [1.807, 2.05) is 23.6 Å². The lowest BCUT2D eigenvalue weighted by molar-refractivity contribution is -0.113. The summed E-state index contributed by atoms with van der Waals surface area (Å²) in [7, 11) is 0. The molecule has 0 spiro atoms. The molecule has 9 heteroatoms. The normalized spacial score (nSPS) is 10.5. The predicted molar refractivity (Wildman–Crippen MR) is 123 cm³/mol. The van der Waals surface area contributed by atoms with Crippen LogP contribution >= 0.6 is 23.4 Å². The summed E-state index contributed by atoms with van der Waals surface area (Å²) in [6.45, 7) is 6.41. The molecule has 0 fully saturated rings. The Balaban J connectivity index is 1.59. The highest BCUT2D eigenvalue weighted by Gasteiger charge is 2.15. The smallest absolute Gasteiger partial charge is 0.251 e. The third-order valence-electron chi connectivity index (χ3n) is 4.29. The highest BCUT2D eigenvalue weighted by atomic mass is 35.5. The van der Waals surface area contributed by atoms with Crippen molar-refractivity contribution in [3.8, 4) is 0 Å². The van der Waals surface area contributed by atoms with E-state index in [1.54, 1.807) is 42.5 Å². The molecular formula is C22H22ClN5O2S. The van der Waals surface area contributed by atoms with E-state index < -0.39 is 0 Å². The number of amides is 2. The number of thioether (sulfide) groups is 1. The highest BCUT2D eigenvalue weighted by molar-refractivity contribution is 7.99. The van der Waals surface area contributed by atoms with Gasteiger partial charge in [0.1, 0.15) is 0 Å². The number of hydrogen-bond acceptors (Lipinski definition) is 5. The zero-order chi connectivity index (χ0) is 22.2. The van der Waals surface area contributed by atoms with Crippen molar-refractivity contribution in [2.75, 3.05) is 11.1 Å². The maximum atomic E-state index is 12.4. The SMILES string of the molecule is C=CCn1c(CNC(=O)c2ccc(C)cc2)nnc1SCC(=O)Nc1ccc(Cl)cc1. The molecule has 0 radical (unpaired) electrons. The van der Waals surface area contributed by atoms with Crippen LogP contribution in [0.15, 0.2) is 66.3 Å². The average molecular weight is 456 g/mol. The number of aromatic nitrogens is 3. The van der Waals surface area contributed by atoms with Crippen LogP contribution in [-0.2, 0) is 17.9 Å². The molecule has 0 bridgehead atoms. The van der Waals surface area contributed by atoms with Crippen LogP contribution in [0.1, 0.15) is 21.7 Å². The van der Waals surface area contributed by atoms with Gasteiger partial charge in [-0.25, -0.2) is 0 Å². The van der Waals surface area contributed by atoms with Gasteiger partial charge in [-0.3, -0.25) is 9.59 Å². The second-order valence-electron chi connectivity index (χ2n) is 6.69. The van der Waals surface area contributed by atoms with Gasteiger partial charge in [0.15, 0.2) is 11.0 Å². The molecule has 2 amide bonds. The van der Waals surface area contributed by atoms with Crippen LogP contribution in [0, 0.1) is 6.92 Å². The Morgan fingerprint density at radius 2 is 1.84 bits per heavy atom. The van der Waals surface area contributed by atoms with Crippen molar-refractivity contribution < 1.29 is 9.59 Å². The van der Waals surface area contributed by atoms with Crippen LogP contribution in [0.2, 0.25) is 5.02 Å². The molecule has 31 heavy (non-hydrogen) atoms. The lowest BCUT2D eigenvalue weighted by atomic mass is 10.1. The molecule has 3 aromatic rings. The number of carbonyl (C=O) groups is 2. The minimum absolute atomic E-state index is 0.160. The highest BCUT2D eigenvalue weighted by Crippen LogP contribution is 2.19. The fraction of sp³-hybridized carbons (Fsp3) is 0.182. The monoisotopic (exact) mass is 455 g/mol. The van der Waals surface area contributed by atoms with Crippen LogP contribution < -0.4 is 10.6 Å². The molecule has 2 aromatic carbocycles. The third kappa shape index (κ3) is 6.44. The quantitative estimate of drug-likeness (QED) is 0.375. The van der Waals surface area contributed by atoms with Crippen LogP contribution in [-0.4, -0.2) is 32.3 Å².